The van der Waals surface area contributed by atoms with Gasteiger partial charge in [-0.1, -0.05) is 23.8 Å². The number of rotatable bonds is 7. The van der Waals surface area contributed by atoms with E-state index in [2.05, 4.69) is 33.9 Å². The van der Waals surface area contributed by atoms with E-state index in [9.17, 15) is 4.79 Å². The number of aromatic nitrogens is 4. The first-order chi connectivity index (χ1) is 15.2. The number of hydrogen-bond acceptors (Lipinski definition) is 7. The van der Waals surface area contributed by atoms with Gasteiger partial charge in [0.05, 0.1) is 18.9 Å². The molecule has 3 aromatic rings. The third-order valence-electron chi connectivity index (χ3n) is 5.53. The zero-order valence-corrected chi connectivity index (χ0v) is 17.5. The lowest BCUT2D eigenvalue weighted by molar-refractivity contribution is -0.122. The molecule has 8 nitrogen and oxygen atoms in total. The number of Topliss-reactive ketones (excluding diaryl/α,β-unsaturated/α-hetero) is 1. The number of hydrogen-bond donors (Lipinski definition) is 0. The summed E-state index contributed by atoms with van der Waals surface area (Å²) in [5.41, 5.74) is 3.09. The van der Waals surface area contributed by atoms with E-state index >= 15 is 0 Å². The number of nitrogens with zero attached hydrogens (tertiary/aromatic N) is 5. The van der Waals surface area contributed by atoms with Crippen LogP contribution in [0.25, 0.3) is 17.1 Å². The molecule has 0 radical (unpaired) electrons. The van der Waals surface area contributed by atoms with Crippen molar-refractivity contribution in [1.29, 1.82) is 0 Å². The van der Waals surface area contributed by atoms with Crippen molar-refractivity contribution in [2.75, 3.05) is 37.8 Å². The highest BCUT2D eigenvalue weighted by Gasteiger charge is 2.30. The van der Waals surface area contributed by atoms with Crippen molar-refractivity contribution in [2.45, 2.75) is 19.8 Å². The van der Waals surface area contributed by atoms with Gasteiger partial charge in [0, 0.05) is 36.8 Å². The molecule has 5 rings (SSSR count). The molecule has 2 fully saturated rings. The third-order valence-corrected chi connectivity index (χ3v) is 5.53. The minimum absolute atomic E-state index is 0.00429. The SMILES string of the molecule is Cc1cccc(-c2ccn(-c3cc(N4CCOCC4)nc(OCC(=O)C4CC4)n3)n2)c1. The van der Waals surface area contributed by atoms with Gasteiger partial charge in [0.1, 0.15) is 5.82 Å². The Morgan fingerprint density at radius 1 is 1.13 bits per heavy atom. The second-order valence-electron chi connectivity index (χ2n) is 8.01. The Morgan fingerprint density at radius 2 is 1.94 bits per heavy atom. The maximum Gasteiger partial charge on any atom is 0.320 e. The molecular weight excluding hydrogens is 394 g/mol. The normalized spacial score (nSPS) is 16.4. The monoisotopic (exact) mass is 419 g/mol. The van der Waals surface area contributed by atoms with Gasteiger partial charge in [-0.25, -0.2) is 4.68 Å². The summed E-state index contributed by atoms with van der Waals surface area (Å²) < 4.78 is 12.9. The van der Waals surface area contributed by atoms with E-state index in [-0.39, 0.29) is 24.3 Å². The molecule has 2 aliphatic rings. The van der Waals surface area contributed by atoms with E-state index < -0.39 is 0 Å². The third kappa shape index (κ3) is 4.59. The van der Waals surface area contributed by atoms with E-state index in [0.717, 1.165) is 43.0 Å². The fourth-order valence-electron chi connectivity index (χ4n) is 3.61. The number of morpholine rings is 1. The van der Waals surface area contributed by atoms with Gasteiger partial charge in [-0.05, 0) is 31.9 Å². The van der Waals surface area contributed by atoms with Gasteiger partial charge in [0.15, 0.2) is 18.2 Å². The average Bonchev–Trinajstić information content (AvgIpc) is 3.54. The quantitative estimate of drug-likeness (QED) is 0.582. The molecule has 31 heavy (non-hydrogen) atoms. The van der Waals surface area contributed by atoms with Gasteiger partial charge in [0.25, 0.3) is 0 Å². The van der Waals surface area contributed by atoms with Crippen molar-refractivity contribution in [3.63, 3.8) is 0 Å². The Balaban J connectivity index is 1.44. The fourth-order valence-corrected chi connectivity index (χ4v) is 3.61. The Kier molecular flexibility index (Phi) is 5.38. The summed E-state index contributed by atoms with van der Waals surface area (Å²) in [5, 5.41) is 4.71. The van der Waals surface area contributed by atoms with Gasteiger partial charge in [-0.2, -0.15) is 15.1 Å². The molecule has 2 aromatic heterocycles. The number of carbonyl (C=O) groups is 1. The second-order valence-corrected chi connectivity index (χ2v) is 8.01. The van der Waals surface area contributed by atoms with Gasteiger partial charge < -0.3 is 14.4 Å². The van der Waals surface area contributed by atoms with Crippen LogP contribution in [-0.4, -0.2) is 58.4 Å². The predicted molar refractivity (Wildman–Crippen MR) is 116 cm³/mol. The summed E-state index contributed by atoms with van der Waals surface area (Å²) in [7, 11) is 0. The summed E-state index contributed by atoms with van der Waals surface area (Å²) >= 11 is 0. The summed E-state index contributed by atoms with van der Waals surface area (Å²) in [5.74, 6) is 1.60. The van der Waals surface area contributed by atoms with Crippen molar-refractivity contribution in [1.82, 2.24) is 19.7 Å². The van der Waals surface area contributed by atoms with Crippen LogP contribution in [0.1, 0.15) is 18.4 Å². The topological polar surface area (TPSA) is 82.4 Å². The molecule has 0 bridgehead atoms. The van der Waals surface area contributed by atoms with Crippen molar-refractivity contribution in [3.8, 4) is 23.1 Å². The number of anilines is 1. The summed E-state index contributed by atoms with van der Waals surface area (Å²) in [6.07, 6.45) is 3.79. The van der Waals surface area contributed by atoms with Crippen LogP contribution in [0.3, 0.4) is 0 Å². The molecule has 0 unspecified atom stereocenters. The molecule has 1 saturated heterocycles. The van der Waals surface area contributed by atoms with Crippen molar-refractivity contribution in [2.24, 2.45) is 5.92 Å². The minimum atomic E-state index is 0.00429. The molecule has 0 N–H and O–H groups in total. The Bertz CT molecular complexity index is 1090. The first-order valence-corrected chi connectivity index (χ1v) is 10.7. The van der Waals surface area contributed by atoms with Gasteiger partial charge in [-0.15, -0.1) is 0 Å². The smallest absolute Gasteiger partial charge is 0.320 e. The standard InChI is InChI=1S/C23H25N5O3/c1-16-3-2-4-18(13-16)19-7-8-28(26-19)22-14-21(27-9-11-30-12-10-27)24-23(25-22)31-15-20(29)17-5-6-17/h2-4,7-8,13-14,17H,5-6,9-12,15H2,1H3. The van der Waals surface area contributed by atoms with E-state index in [1.165, 1.54) is 5.56 Å². The van der Waals surface area contributed by atoms with Crippen molar-refractivity contribution in [3.05, 3.63) is 48.2 Å². The molecule has 1 aliphatic carbocycles. The number of carbonyl (C=O) groups excluding carboxylic acids is 1. The number of ether oxygens (including phenoxy) is 2. The number of ketones is 1. The van der Waals surface area contributed by atoms with Gasteiger partial charge in [0.2, 0.25) is 0 Å². The maximum atomic E-state index is 12.1. The van der Waals surface area contributed by atoms with Crippen LogP contribution < -0.4 is 9.64 Å². The Labute approximate surface area is 180 Å². The Hall–Kier alpha value is -3.26. The number of aryl methyl sites for hydroxylation is 1. The van der Waals surface area contributed by atoms with Crippen LogP contribution in [0.5, 0.6) is 6.01 Å². The van der Waals surface area contributed by atoms with Crippen LogP contribution in [0.2, 0.25) is 0 Å². The second kappa shape index (κ2) is 8.47. The highest BCUT2D eigenvalue weighted by Crippen LogP contribution is 2.30. The van der Waals surface area contributed by atoms with Gasteiger partial charge >= 0.3 is 6.01 Å². The molecule has 0 amide bonds. The first kappa shape index (κ1) is 19.7. The maximum absolute atomic E-state index is 12.1. The number of benzene rings is 1. The van der Waals surface area contributed by atoms with Crippen molar-refractivity contribution >= 4 is 11.6 Å². The molecule has 1 saturated carbocycles. The van der Waals surface area contributed by atoms with E-state index in [1.54, 1.807) is 4.68 Å². The zero-order chi connectivity index (χ0) is 21.2. The molecule has 0 atom stereocenters. The molecule has 3 heterocycles. The molecule has 1 aromatic carbocycles. The molecule has 160 valence electrons. The van der Waals surface area contributed by atoms with Crippen LogP contribution in [0.4, 0.5) is 5.82 Å². The predicted octanol–water partition coefficient (Wildman–Crippen LogP) is 2.83. The summed E-state index contributed by atoms with van der Waals surface area (Å²) in [6, 6.07) is 12.3. The lowest BCUT2D eigenvalue weighted by Gasteiger charge is -2.28. The van der Waals surface area contributed by atoms with Crippen LogP contribution in [0.15, 0.2) is 42.6 Å². The Morgan fingerprint density at radius 3 is 2.71 bits per heavy atom. The fraction of sp³-hybridized carbons (Fsp3) is 0.391. The molecule has 0 spiro atoms. The lowest BCUT2D eigenvalue weighted by atomic mass is 10.1. The van der Waals surface area contributed by atoms with E-state index in [0.29, 0.717) is 19.0 Å². The minimum Gasteiger partial charge on any atom is -0.455 e. The lowest BCUT2D eigenvalue weighted by Crippen LogP contribution is -2.37. The first-order valence-electron chi connectivity index (χ1n) is 10.7. The summed E-state index contributed by atoms with van der Waals surface area (Å²) in [6.45, 7) is 4.84. The van der Waals surface area contributed by atoms with E-state index in [4.69, 9.17) is 14.6 Å². The van der Waals surface area contributed by atoms with Crippen LogP contribution in [0, 0.1) is 12.8 Å². The molecule has 1 aliphatic heterocycles. The molecular formula is C23H25N5O3. The molecule has 8 heteroatoms. The van der Waals surface area contributed by atoms with Crippen LogP contribution in [-0.2, 0) is 9.53 Å². The van der Waals surface area contributed by atoms with Gasteiger partial charge in [-0.3, -0.25) is 4.79 Å². The zero-order valence-electron chi connectivity index (χ0n) is 17.5. The van der Waals surface area contributed by atoms with Crippen LogP contribution >= 0.6 is 0 Å². The average molecular weight is 419 g/mol. The largest absolute Gasteiger partial charge is 0.455 e. The highest BCUT2D eigenvalue weighted by atomic mass is 16.5. The van der Waals surface area contributed by atoms with Crippen molar-refractivity contribution < 1.29 is 14.3 Å². The summed E-state index contributed by atoms with van der Waals surface area (Å²) in [4.78, 5) is 23.3. The highest BCUT2D eigenvalue weighted by molar-refractivity contribution is 5.84. The van der Waals surface area contributed by atoms with E-state index in [1.807, 2.05) is 30.5 Å².